The summed E-state index contributed by atoms with van der Waals surface area (Å²) in [6, 6.07) is 15.3. The van der Waals surface area contributed by atoms with Gasteiger partial charge in [0, 0.05) is 11.6 Å². The molecular weight excluding hydrogens is 355 g/mol. The van der Waals surface area contributed by atoms with E-state index in [-0.39, 0.29) is 18.6 Å². The number of nitrogens with one attached hydrogen (secondary N) is 1. The molecule has 1 amide bonds. The molecule has 2 N–H and O–H groups in total. The zero-order chi connectivity index (χ0) is 19.6. The van der Waals surface area contributed by atoms with Gasteiger partial charge in [-0.25, -0.2) is 0 Å². The van der Waals surface area contributed by atoms with Crippen LogP contribution in [0.3, 0.4) is 0 Å². The molecule has 140 valence electrons. The maximum absolute atomic E-state index is 12.8. The number of amides is 1. The monoisotopic (exact) mass is 373 g/mol. The normalized spacial score (nSPS) is 12.8. The second kappa shape index (κ2) is 7.40. The summed E-state index contributed by atoms with van der Waals surface area (Å²) in [5.41, 5.74) is 1.22. The van der Waals surface area contributed by atoms with E-state index in [0.29, 0.717) is 11.1 Å². The Morgan fingerprint density at radius 2 is 1.78 bits per heavy atom. The van der Waals surface area contributed by atoms with Crippen LogP contribution in [0.4, 0.5) is 13.2 Å². The number of aliphatic hydroxyl groups is 1. The molecule has 27 heavy (non-hydrogen) atoms. The maximum atomic E-state index is 12.8. The molecule has 0 saturated carbocycles. The van der Waals surface area contributed by atoms with Gasteiger partial charge in [0.05, 0.1) is 12.2 Å². The second-order valence-corrected chi connectivity index (χ2v) is 6.37. The van der Waals surface area contributed by atoms with E-state index in [2.05, 4.69) is 5.32 Å². The van der Waals surface area contributed by atoms with Crippen molar-refractivity contribution in [1.29, 1.82) is 0 Å². The molecule has 0 aliphatic heterocycles. The lowest BCUT2D eigenvalue weighted by Crippen LogP contribution is -2.34. The zero-order valence-electron chi connectivity index (χ0n) is 14.5. The highest BCUT2D eigenvalue weighted by Gasteiger charge is 2.30. The molecular formula is C21H18F3NO2. The van der Waals surface area contributed by atoms with Crippen LogP contribution in [0.2, 0.25) is 0 Å². The standard InChI is InChI=1S/C21H18F3NO2/c1-13(12-26)25-20(27)16-7-10-19-15(11-16)3-2-4-18(19)14-5-8-17(9-6-14)21(22,23)24/h2-11,13,26H,12H2,1H3,(H,25,27)/t13-/m1/s1. The molecule has 0 unspecified atom stereocenters. The summed E-state index contributed by atoms with van der Waals surface area (Å²) in [5, 5.41) is 13.4. The number of alkyl halides is 3. The Bertz CT molecular complexity index is 965. The number of aliphatic hydroxyl groups excluding tert-OH is 1. The van der Waals surface area contributed by atoms with Gasteiger partial charge in [0.25, 0.3) is 5.91 Å². The van der Waals surface area contributed by atoms with Crippen molar-refractivity contribution < 1.29 is 23.1 Å². The van der Waals surface area contributed by atoms with Crippen molar-refractivity contribution in [1.82, 2.24) is 5.32 Å². The largest absolute Gasteiger partial charge is 0.416 e. The van der Waals surface area contributed by atoms with E-state index in [9.17, 15) is 18.0 Å². The molecule has 0 bridgehead atoms. The highest BCUT2D eigenvalue weighted by atomic mass is 19.4. The van der Waals surface area contributed by atoms with Crippen molar-refractivity contribution in [2.45, 2.75) is 19.1 Å². The van der Waals surface area contributed by atoms with Gasteiger partial charge in [-0.1, -0.05) is 36.4 Å². The minimum Gasteiger partial charge on any atom is -0.394 e. The van der Waals surface area contributed by atoms with Crippen molar-refractivity contribution >= 4 is 16.7 Å². The summed E-state index contributed by atoms with van der Waals surface area (Å²) in [5.74, 6) is -0.293. The van der Waals surface area contributed by atoms with E-state index in [0.717, 1.165) is 28.5 Å². The van der Waals surface area contributed by atoms with E-state index in [1.54, 1.807) is 31.2 Å². The molecule has 3 aromatic rings. The Labute approximate surface area is 154 Å². The van der Waals surface area contributed by atoms with Crippen LogP contribution in [0.1, 0.15) is 22.8 Å². The van der Waals surface area contributed by atoms with Crippen molar-refractivity contribution in [2.75, 3.05) is 6.61 Å². The van der Waals surface area contributed by atoms with Crippen molar-refractivity contribution in [3.8, 4) is 11.1 Å². The van der Waals surface area contributed by atoms with Gasteiger partial charge in [0.15, 0.2) is 0 Å². The predicted octanol–water partition coefficient (Wildman–Crippen LogP) is 4.64. The fraction of sp³-hybridized carbons (Fsp3) is 0.190. The first kappa shape index (κ1) is 18.9. The Balaban J connectivity index is 1.97. The second-order valence-electron chi connectivity index (χ2n) is 6.37. The minimum atomic E-state index is -4.37. The Morgan fingerprint density at radius 3 is 2.41 bits per heavy atom. The van der Waals surface area contributed by atoms with Crippen LogP contribution >= 0.6 is 0 Å². The van der Waals surface area contributed by atoms with Crippen LogP contribution < -0.4 is 5.32 Å². The number of hydrogen-bond donors (Lipinski definition) is 2. The molecule has 0 radical (unpaired) electrons. The van der Waals surface area contributed by atoms with Crippen LogP contribution in [0.15, 0.2) is 60.7 Å². The predicted molar refractivity (Wildman–Crippen MR) is 98.4 cm³/mol. The van der Waals surface area contributed by atoms with Crippen LogP contribution in [0.25, 0.3) is 21.9 Å². The lowest BCUT2D eigenvalue weighted by molar-refractivity contribution is -0.137. The highest BCUT2D eigenvalue weighted by Crippen LogP contribution is 2.33. The summed E-state index contributed by atoms with van der Waals surface area (Å²) in [6.07, 6.45) is -4.37. The Kier molecular flexibility index (Phi) is 5.19. The molecule has 0 aromatic heterocycles. The molecule has 0 saturated heterocycles. The fourth-order valence-electron chi connectivity index (χ4n) is 2.87. The van der Waals surface area contributed by atoms with Gasteiger partial charge in [0.1, 0.15) is 0 Å². The van der Waals surface area contributed by atoms with E-state index < -0.39 is 11.7 Å². The molecule has 0 aliphatic rings. The van der Waals surface area contributed by atoms with Gasteiger partial charge in [0.2, 0.25) is 0 Å². The molecule has 0 spiro atoms. The van der Waals surface area contributed by atoms with Crippen molar-refractivity contribution in [2.24, 2.45) is 0 Å². The molecule has 3 rings (SSSR count). The van der Waals surface area contributed by atoms with E-state index in [4.69, 9.17) is 5.11 Å². The number of hydrogen-bond acceptors (Lipinski definition) is 2. The Hall–Kier alpha value is -2.86. The maximum Gasteiger partial charge on any atom is 0.416 e. The third-order valence-electron chi connectivity index (χ3n) is 4.32. The molecule has 3 aromatic carbocycles. The van der Waals surface area contributed by atoms with E-state index in [1.807, 2.05) is 12.1 Å². The smallest absolute Gasteiger partial charge is 0.394 e. The van der Waals surface area contributed by atoms with Crippen LogP contribution in [0, 0.1) is 0 Å². The highest BCUT2D eigenvalue weighted by molar-refractivity contribution is 6.02. The SMILES string of the molecule is C[C@H](CO)NC(=O)c1ccc2c(-c3ccc(C(F)(F)F)cc3)cccc2c1. The minimum absolute atomic E-state index is 0.155. The average Bonchev–Trinajstić information content (AvgIpc) is 2.66. The van der Waals surface area contributed by atoms with Gasteiger partial charge in [-0.3, -0.25) is 4.79 Å². The Morgan fingerprint density at radius 1 is 1.07 bits per heavy atom. The fourth-order valence-corrected chi connectivity index (χ4v) is 2.87. The first-order valence-electron chi connectivity index (χ1n) is 8.41. The van der Waals surface area contributed by atoms with Gasteiger partial charge >= 0.3 is 6.18 Å². The summed E-state index contributed by atoms with van der Waals surface area (Å²) in [6.45, 7) is 1.54. The molecule has 0 aliphatic carbocycles. The van der Waals surface area contributed by atoms with Gasteiger partial charge in [-0.05, 0) is 53.1 Å². The van der Waals surface area contributed by atoms with Crippen molar-refractivity contribution in [3.05, 3.63) is 71.8 Å². The van der Waals surface area contributed by atoms with Gasteiger partial charge < -0.3 is 10.4 Å². The number of carbonyl (C=O) groups excluding carboxylic acids is 1. The summed E-state index contributed by atoms with van der Waals surface area (Å²) < 4.78 is 38.3. The third kappa shape index (κ3) is 4.11. The third-order valence-corrected chi connectivity index (χ3v) is 4.32. The van der Waals surface area contributed by atoms with Crippen molar-refractivity contribution in [3.63, 3.8) is 0 Å². The van der Waals surface area contributed by atoms with Crippen LogP contribution in [-0.4, -0.2) is 23.7 Å². The van der Waals surface area contributed by atoms with Gasteiger partial charge in [-0.2, -0.15) is 13.2 Å². The molecule has 6 heteroatoms. The number of benzene rings is 3. The van der Waals surface area contributed by atoms with E-state index >= 15 is 0 Å². The topological polar surface area (TPSA) is 49.3 Å². The quantitative estimate of drug-likeness (QED) is 0.700. The zero-order valence-corrected chi connectivity index (χ0v) is 14.5. The summed E-state index contributed by atoms with van der Waals surface area (Å²) >= 11 is 0. The number of fused-ring (bicyclic) bond motifs is 1. The van der Waals surface area contributed by atoms with Crippen LogP contribution in [-0.2, 0) is 6.18 Å². The first-order valence-corrected chi connectivity index (χ1v) is 8.41. The van der Waals surface area contributed by atoms with Crippen LogP contribution in [0.5, 0.6) is 0 Å². The van der Waals surface area contributed by atoms with E-state index in [1.165, 1.54) is 12.1 Å². The van der Waals surface area contributed by atoms with Gasteiger partial charge in [-0.15, -0.1) is 0 Å². The molecule has 0 heterocycles. The summed E-state index contributed by atoms with van der Waals surface area (Å²) in [7, 11) is 0. The lowest BCUT2D eigenvalue weighted by atomic mass is 9.96. The number of halogens is 3. The molecule has 0 fully saturated rings. The number of rotatable bonds is 4. The average molecular weight is 373 g/mol. The molecule has 1 atom stereocenters. The molecule has 3 nitrogen and oxygen atoms in total. The summed E-state index contributed by atoms with van der Waals surface area (Å²) in [4.78, 5) is 12.2. The first-order chi connectivity index (χ1) is 12.8. The lowest BCUT2D eigenvalue weighted by Gasteiger charge is -2.13. The number of carbonyl (C=O) groups is 1.